The first-order valence-electron chi connectivity index (χ1n) is 6.42. The number of aryl methyl sites for hydroxylation is 1. The predicted molar refractivity (Wildman–Crippen MR) is 74.5 cm³/mol. The highest BCUT2D eigenvalue weighted by atomic mass is 16.5. The molecule has 0 saturated heterocycles. The summed E-state index contributed by atoms with van der Waals surface area (Å²) in [6.07, 6.45) is 0. The molecule has 0 fully saturated rings. The van der Waals surface area contributed by atoms with Gasteiger partial charge in [-0.15, -0.1) is 0 Å². The molecule has 5 nitrogen and oxygen atoms in total. The summed E-state index contributed by atoms with van der Waals surface area (Å²) in [5, 5.41) is 3.16. The Bertz CT molecular complexity index is 419. The van der Waals surface area contributed by atoms with Gasteiger partial charge in [0.25, 0.3) is 0 Å². The van der Waals surface area contributed by atoms with Crippen LogP contribution in [0.2, 0.25) is 0 Å². The van der Waals surface area contributed by atoms with E-state index in [0.29, 0.717) is 30.3 Å². The molecule has 0 radical (unpaired) electrons. The zero-order valence-electron chi connectivity index (χ0n) is 12.0. The van der Waals surface area contributed by atoms with Crippen LogP contribution >= 0.6 is 0 Å². The molecule has 1 rings (SSSR count). The molecule has 0 bridgehead atoms. The topological polar surface area (TPSA) is 60.5 Å². The maximum Gasteiger partial charge on any atom is 0.339 e. The molecule has 5 heteroatoms. The van der Waals surface area contributed by atoms with Gasteiger partial charge in [0.1, 0.15) is 5.82 Å². The van der Waals surface area contributed by atoms with Crippen LogP contribution in [0.15, 0.2) is 12.1 Å². The molecule has 0 aliphatic rings. The fourth-order valence-electron chi connectivity index (χ4n) is 1.56. The minimum atomic E-state index is -0.364. The Labute approximate surface area is 114 Å². The number of nitrogens with zero attached hydrogens (tertiary/aromatic N) is 1. The van der Waals surface area contributed by atoms with E-state index in [9.17, 15) is 4.79 Å². The summed E-state index contributed by atoms with van der Waals surface area (Å²) in [7, 11) is 1.36. The highest BCUT2D eigenvalue weighted by Gasteiger charge is 2.10. The van der Waals surface area contributed by atoms with Gasteiger partial charge in [-0.2, -0.15) is 0 Å². The van der Waals surface area contributed by atoms with Crippen molar-refractivity contribution >= 4 is 11.8 Å². The number of carbonyl (C=O) groups is 1. The third-order valence-corrected chi connectivity index (χ3v) is 2.49. The molecule has 0 atom stereocenters. The lowest BCUT2D eigenvalue weighted by atomic mass is 10.2. The molecular weight excluding hydrogens is 244 g/mol. The van der Waals surface area contributed by atoms with Crippen LogP contribution in [-0.4, -0.2) is 37.8 Å². The third-order valence-electron chi connectivity index (χ3n) is 2.49. The smallest absolute Gasteiger partial charge is 0.339 e. The van der Waals surface area contributed by atoms with Crippen molar-refractivity contribution in [2.45, 2.75) is 20.8 Å². The zero-order chi connectivity index (χ0) is 14.3. The molecule has 0 amide bonds. The van der Waals surface area contributed by atoms with Gasteiger partial charge < -0.3 is 14.8 Å². The maximum absolute atomic E-state index is 11.4. The number of methoxy groups -OCH3 is 1. The minimum absolute atomic E-state index is 0.364. The highest BCUT2D eigenvalue weighted by Crippen LogP contribution is 2.11. The maximum atomic E-state index is 11.4. The molecule has 0 aliphatic heterocycles. The minimum Gasteiger partial charge on any atom is -0.465 e. The SMILES string of the molecule is COC(=O)c1ccc(NCCOCC(C)C)nc1C. The van der Waals surface area contributed by atoms with Crippen LogP contribution in [0.5, 0.6) is 0 Å². The van der Waals surface area contributed by atoms with Crippen molar-refractivity contribution in [2.24, 2.45) is 5.92 Å². The Hall–Kier alpha value is -1.62. The third kappa shape index (κ3) is 5.26. The molecule has 1 heterocycles. The lowest BCUT2D eigenvalue weighted by Crippen LogP contribution is -2.13. The monoisotopic (exact) mass is 266 g/mol. The second-order valence-corrected chi connectivity index (χ2v) is 4.72. The average Bonchev–Trinajstić information content (AvgIpc) is 2.37. The van der Waals surface area contributed by atoms with Crippen LogP contribution in [0, 0.1) is 12.8 Å². The number of hydrogen-bond donors (Lipinski definition) is 1. The molecule has 0 saturated carbocycles. The second kappa shape index (κ2) is 7.74. The van der Waals surface area contributed by atoms with Crippen LogP contribution in [0.4, 0.5) is 5.82 Å². The molecule has 19 heavy (non-hydrogen) atoms. The van der Waals surface area contributed by atoms with Gasteiger partial charge in [-0.3, -0.25) is 0 Å². The van der Waals surface area contributed by atoms with Gasteiger partial charge in [-0.1, -0.05) is 13.8 Å². The van der Waals surface area contributed by atoms with Gasteiger partial charge in [0.15, 0.2) is 0 Å². The Morgan fingerprint density at radius 1 is 1.42 bits per heavy atom. The largest absolute Gasteiger partial charge is 0.465 e. The summed E-state index contributed by atoms with van der Waals surface area (Å²) in [6, 6.07) is 3.48. The standard InChI is InChI=1S/C14H22N2O3/c1-10(2)9-19-8-7-15-13-6-5-12(11(3)16-13)14(17)18-4/h5-6,10H,7-9H2,1-4H3,(H,15,16). The van der Waals surface area contributed by atoms with Gasteiger partial charge >= 0.3 is 5.97 Å². The van der Waals surface area contributed by atoms with E-state index in [1.807, 2.05) is 0 Å². The Morgan fingerprint density at radius 3 is 2.74 bits per heavy atom. The summed E-state index contributed by atoms with van der Waals surface area (Å²) in [5.41, 5.74) is 1.14. The number of aromatic nitrogens is 1. The van der Waals surface area contributed by atoms with E-state index in [2.05, 4.69) is 28.9 Å². The number of hydrogen-bond acceptors (Lipinski definition) is 5. The number of ether oxygens (including phenoxy) is 2. The molecule has 106 valence electrons. The summed E-state index contributed by atoms with van der Waals surface area (Å²) >= 11 is 0. The average molecular weight is 266 g/mol. The number of pyridine rings is 1. The van der Waals surface area contributed by atoms with Gasteiger partial charge in [-0.25, -0.2) is 9.78 Å². The number of carbonyl (C=O) groups excluding carboxylic acids is 1. The Kier molecular flexibility index (Phi) is 6.29. The van der Waals surface area contributed by atoms with E-state index >= 15 is 0 Å². The normalized spacial score (nSPS) is 10.6. The van der Waals surface area contributed by atoms with Crippen molar-refractivity contribution in [2.75, 3.05) is 32.2 Å². The van der Waals surface area contributed by atoms with Crippen molar-refractivity contribution in [3.63, 3.8) is 0 Å². The zero-order valence-corrected chi connectivity index (χ0v) is 12.0. The van der Waals surface area contributed by atoms with E-state index in [0.717, 1.165) is 12.4 Å². The predicted octanol–water partition coefficient (Wildman–Crippen LogP) is 2.26. The summed E-state index contributed by atoms with van der Waals surface area (Å²) < 4.78 is 10.1. The first-order chi connectivity index (χ1) is 9.04. The van der Waals surface area contributed by atoms with Crippen LogP contribution in [-0.2, 0) is 9.47 Å². The fraction of sp³-hybridized carbons (Fsp3) is 0.571. The fourth-order valence-corrected chi connectivity index (χ4v) is 1.56. The molecular formula is C14H22N2O3. The molecule has 0 aliphatic carbocycles. The van der Waals surface area contributed by atoms with E-state index in [1.54, 1.807) is 19.1 Å². The quantitative estimate of drug-likeness (QED) is 0.606. The lowest BCUT2D eigenvalue weighted by molar-refractivity contribution is 0.0599. The van der Waals surface area contributed by atoms with E-state index in [4.69, 9.17) is 4.74 Å². The molecule has 1 N–H and O–H groups in total. The summed E-state index contributed by atoms with van der Waals surface area (Å²) in [4.78, 5) is 15.7. The molecule has 0 spiro atoms. The van der Waals surface area contributed by atoms with Crippen LogP contribution in [0.25, 0.3) is 0 Å². The van der Waals surface area contributed by atoms with Crippen molar-refractivity contribution in [1.29, 1.82) is 0 Å². The van der Waals surface area contributed by atoms with Crippen LogP contribution in [0.1, 0.15) is 29.9 Å². The Balaban J connectivity index is 2.43. The van der Waals surface area contributed by atoms with Gasteiger partial charge in [-0.05, 0) is 25.0 Å². The number of anilines is 1. The number of rotatable bonds is 7. The molecule has 1 aromatic rings. The van der Waals surface area contributed by atoms with Crippen molar-refractivity contribution in [1.82, 2.24) is 4.98 Å². The molecule has 1 aromatic heterocycles. The summed E-state index contributed by atoms with van der Waals surface area (Å²) in [6.45, 7) is 8.10. The highest BCUT2D eigenvalue weighted by molar-refractivity contribution is 5.90. The molecule has 0 aromatic carbocycles. The number of esters is 1. The van der Waals surface area contributed by atoms with E-state index in [1.165, 1.54) is 7.11 Å². The first kappa shape index (κ1) is 15.4. The van der Waals surface area contributed by atoms with Gasteiger partial charge in [0.2, 0.25) is 0 Å². The lowest BCUT2D eigenvalue weighted by Gasteiger charge is -2.10. The number of nitrogens with one attached hydrogen (secondary N) is 1. The second-order valence-electron chi connectivity index (χ2n) is 4.72. The van der Waals surface area contributed by atoms with Gasteiger partial charge in [0, 0.05) is 13.2 Å². The van der Waals surface area contributed by atoms with Crippen LogP contribution < -0.4 is 5.32 Å². The van der Waals surface area contributed by atoms with Crippen LogP contribution in [0.3, 0.4) is 0 Å². The van der Waals surface area contributed by atoms with Crippen molar-refractivity contribution < 1.29 is 14.3 Å². The molecule has 0 unspecified atom stereocenters. The van der Waals surface area contributed by atoms with E-state index in [-0.39, 0.29) is 5.97 Å². The van der Waals surface area contributed by atoms with Gasteiger partial charge in [0.05, 0.1) is 25.0 Å². The summed E-state index contributed by atoms with van der Waals surface area (Å²) in [5.74, 6) is 0.912. The van der Waals surface area contributed by atoms with Crippen molar-refractivity contribution in [3.05, 3.63) is 23.4 Å². The van der Waals surface area contributed by atoms with E-state index < -0.39 is 0 Å². The first-order valence-corrected chi connectivity index (χ1v) is 6.42. The van der Waals surface area contributed by atoms with Crippen molar-refractivity contribution in [3.8, 4) is 0 Å². The Morgan fingerprint density at radius 2 is 2.16 bits per heavy atom.